The molecule has 0 aromatic carbocycles. The maximum Gasteiger partial charge on any atom is 0 e. The summed E-state index contributed by atoms with van der Waals surface area (Å²) in [6.07, 6.45) is 8.69. The molecule has 0 N–H and O–H groups in total. The minimum atomic E-state index is 0. The first-order valence-corrected chi connectivity index (χ1v) is 12.2. The molecule has 6 atom stereocenters. The van der Waals surface area contributed by atoms with Crippen LogP contribution in [0.3, 0.4) is 0 Å². The second kappa shape index (κ2) is 10.3. The Morgan fingerprint density at radius 3 is 0.968 bits per heavy atom. The zero-order valence-corrected chi connectivity index (χ0v) is 21.9. The van der Waals surface area contributed by atoms with E-state index in [1.165, 1.54) is 38.5 Å². The van der Waals surface area contributed by atoms with Crippen molar-refractivity contribution >= 4 is 0 Å². The van der Waals surface area contributed by atoms with Gasteiger partial charge in [0.25, 0.3) is 0 Å². The number of fused-ring (bicyclic) bond motifs is 3. The summed E-state index contributed by atoms with van der Waals surface area (Å²) in [6.45, 7) is 16.4. The van der Waals surface area contributed by atoms with Crippen LogP contribution in [-0.2, 0) is 0 Å². The largest absolute Gasteiger partial charge is 0.678 e. The van der Waals surface area contributed by atoms with Crippen LogP contribution in [0.2, 0.25) is 0 Å². The molecule has 0 spiro atoms. The van der Waals surface area contributed by atoms with Gasteiger partial charge in [0, 0.05) is 36.9 Å². The number of hydrogen-bond acceptors (Lipinski definition) is 0. The Labute approximate surface area is 220 Å². The van der Waals surface area contributed by atoms with Crippen molar-refractivity contribution in [2.45, 2.75) is 115 Å². The third kappa shape index (κ3) is 7.00. The van der Waals surface area contributed by atoms with Crippen molar-refractivity contribution in [3.8, 4) is 0 Å². The fraction of sp³-hybridized carbons (Fsp3) is 1.00. The zero-order valence-electron chi connectivity index (χ0n) is 20.3. The van der Waals surface area contributed by atoms with Gasteiger partial charge in [0.05, 0.1) is 0 Å². The van der Waals surface area contributed by atoms with Crippen molar-refractivity contribution in [2.24, 2.45) is 17.8 Å². The molecule has 0 aromatic heterocycles. The Bertz CT molecular complexity index is 472. The SMILES string of the molecule is CC1(C)CC2CC[N-]C2[N-]1.CC1(C)CC2CC[N-]C2[N-]1.CC1(C)CC2CC[N-]C2[N-]1.[Lu]. The molecule has 0 amide bonds. The molecule has 6 heterocycles. The normalized spacial score (nSPS) is 42.4. The van der Waals surface area contributed by atoms with E-state index in [2.05, 4.69) is 73.4 Å². The van der Waals surface area contributed by atoms with Crippen LogP contribution in [0.4, 0.5) is 0 Å². The monoisotopic (exact) mass is 589 g/mol. The molecule has 31 heavy (non-hydrogen) atoms. The Balaban J connectivity index is 0.000000130. The molecule has 1 radical (unpaired) electrons. The van der Waals surface area contributed by atoms with Crippen LogP contribution in [-0.4, -0.2) is 54.7 Å². The minimum absolute atomic E-state index is 0. The summed E-state index contributed by atoms with van der Waals surface area (Å²) in [5.41, 5.74) is 0.664. The van der Waals surface area contributed by atoms with E-state index in [4.69, 9.17) is 0 Å². The predicted molar refractivity (Wildman–Crippen MR) is 127 cm³/mol. The smallest absolute Gasteiger partial charge is 0 e. The number of rotatable bonds is 0. The van der Waals surface area contributed by atoms with Crippen molar-refractivity contribution in [1.29, 1.82) is 0 Å². The van der Waals surface area contributed by atoms with E-state index in [0.717, 1.165) is 37.4 Å². The third-order valence-corrected chi connectivity index (χ3v) is 7.44. The molecule has 6 aliphatic heterocycles. The quantitative estimate of drug-likeness (QED) is 0.298. The Hall–Kier alpha value is 0.994. The van der Waals surface area contributed by atoms with E-state index in [1.54, 1.807) is 0 Å². The first-order valence-electron chi connectivity index (χ1n) is 12.2. The van der Waals surface area contributed by atoms with E-state index >= 15 is 0 Å². The Morgan fingerprint density at radius 2 is 0.742 bits per heavy atom. The second-order valence-corrected chi connectivity index (χ2v) is 12.0. The molecular weight excluding hydrogens is 547 g/mol. The van der Waals surface area contributed by atoms with E-state index in [1.807, 2.05) is 0 Å². The van der Waals surface area contributed by atoms with Crippen molar-refractivity contribution < 1.29 is 36.9 Å². The van der Waals surface area contributed by atoms with Gasteiger partial charge in [-0.25, -0.2) is 18.5 Å². The molecule has 0 aliphatic carbocycles. The standard InChI is InChI=1S/3C8H14N2.Lu/c3*1-8(2)5-6-3-4-9-7(6)10-8;/h3*6-7H,3-5H2,1-2H3;/q3*-2;. The molecule has 6 saturated heterocycles. The van der Waals surface area contributed by atoms with Gasteiger partial charge in [-0.15, -0.1) is 36.3 Å². The Morgan fingerprint density at radius 1 is 0.484 bits per heavy atom. The van der Waals surface area contributed by atoms with Gasteiger partial charge in [-0.1, -0.05) is 97.8 Å². The average molecular weight is 590 g/mol. The zero-order chi connectivity index (χ0) is 21.6. The summed E-state index contributed by atoms with van der Waals surface area (Å²) in [5, 5.41) is 27.1. The van der Waals surface area contributed by atoms with Gasteiger partial charge < -0.3 is 31.9 Å². The van der Waals surface area contributed by atoms with Crippen LogP contribution in [0, 0.1) is 54.6 Å². The van der Waals surface area contributed by atoms with Crippen molar-refractivity contribution in [3.05, 3.63) is 31.9 Å². The van der Waals surface area contributed by atoms with Crippen LogP contribution in [0.25, 0.3) is 31.9 Å². The van der Waals surface area contributed by atoms with Crippen molar-refractivity contribution in [3.63, 3.8) is 0 Å². The fourth-order valence-electron chi connectivity index (χ4n) is 6.23. The molecule has 7 heteroatoms. The molecule has 0 bridgehead atoms. The van der Waals surface area contributed by atoms with Crippen molar-refractivity contribution in [1.82, 2.24) is 0 Å². The third-order valence-electron chi connectivity index (χ3n) is 7.44. The van der Waals surface area contributed by atoms with E-state index < -0.39 is 0 Å². The molecule has 0 aromatic rings. The molecule has 189 valence electrons. The van der Waals surface area contributed by atoms with E-state index in [9.17, 15) is 0 Å². The molecule has 6 rings (SSSR count). The van der Waals surface area contributed by atoms with Gasteiger partial charge in [-0.2, -0.15) is 0 Å². The van der Waals surface area contributed by atoms with Gasteiger partial charge in [-0.05, 0) is 0 Å². The first-order chi connectivity index (χ1) is 14.0. The van der Waals surface area contributed by atoms with Gasteiger partial charge in [0.2, 0.25) is 0 Å². The first kappa shape index (κ1) is 26.6. The molecule has 6 fully saturated rings. The summed E-state index contributed by atoms with van der Waals surface area (Å²) in [4.78, 5) is 0. The molecule has 6 nitrogen and oxygen atoms in total. The predicted octanol–water partition coefficient (Wildman–Crippen LogP) is 6.79. The van der Waals surface area contributed by atoms with Crippen LogP contribution >= 0.6 is 0 Å². The summed E-state index contributed by atoms with van der Waals surface area (Å²) in [5.74, 6) is 2.36. The van der Waals surface area contributed by atoms with Gasteiger partial charge in [0.15, 0.2) is 0 Å². The van der Waals surface area contributed by atoms with Crippen LogP contribution in [0.5, 0.6) is 0 Å². The summed E-state index contributed by atoms with van der Waals surface area (Å²) in [6, 6.07) is 0. The maximum absolute atomic E-state index is 4.62. The number of nitrogens with zero attached hydrogens (tertiary/aromatic N) is 6. The Kier molecular flexibility index (Phi) is 8.85. The summed E-state index contributed by atoms with van der Waals surface area (Å²) >= 11 is 0. The van der Waals surface area contributed by atoms with Crippen molar-refractivity contribution in [2.75, 3.05) is 19.6 Å². The maximum atomic E-state index is 4.62. The van der Waals surface area contributed by atoms with Gasteiger partial charge >= 0.3 is 0 Å². The minimum Gasteiger partial charge on any atom is -0.678 e. The topological polar surface area (TPSA) is 84.6 Å². The summed E-state index contributed by atoms with van der Waals surface area (Å²) in [7, 11) is 0. The van der Waals surface area contributed by atoms with Crippen LogP contribution in [0.1, 0.15) is 80.1 Å². The van der Waals surface area contributed by atoms with Gasteiger partial charge in [0.1, 0.15) is 0 Å². The molecule has 6 unspecified atom stereocenters. The summed E-state index contributed by atoms with van der Waals surface area (Å²) < 4.78 is 0. The fourth-order valence-corrected chi connectivity index (χ4v) is 6.23. The molecule has 6 aliphatic rings. The van der Waals surface area contributed by atoms with Crippen LogP contribution < -0.4 is 0 Å². The average Bonchev–Trinajstić information content (AvgIpc) is 3.37. The molecule has 0 saturated carbocycles. The number of hydrogen-bond donors (Lipinski definition) is 0. The van der Waals surface area contributed by atoms with Crippen LogP contribution in [0.15, 0.2) is 0 Å². The van der Waals surface area contributed by atoms with E-state index in [-0.39, 0.29) is 53.5 Å². The second-order valence-electron chi connectivity index (χ2n) is 12.0. The van der Waals surface area contributed by atoms with E-state index in [0.29, 0.717) is 18.5 Å². The van der Waals surface area contributed by atoms with Gasteiger partial charge in [-0.3, -0.25) is 0 Å². The molecular formula is C24H42LuN6-6.